The Bertz CT molecular complexity index is 1030. The summed E-state index contributed by atoms with van der Waals surface area (Å²) >= 11 is 6.22. The van der Waals surface area contributed by atoms with E-state index in [-0.39, 0.29) is 5.91 Å². The summed E-state index contributed by atoms with van der Waals surface area (Å²) in [5, 5.41) is 0.585. The molecule has 0 saturated carbocycles. The van der Waals surface area contributed by atoms with Crippen LogP contribution in [0, 0.1) is 6.92 Å². The van der Waals surface area contributed by atoms with Crippen LogP contribution in [0.3, 0.4) is 0 Å². The Morgan fingerprint density at radius 3 is 2.61 bits per heavy atom. The highest BCUT2D eigenvalue weighted by atomic mass is 35.5. The van der Waals surface area contributed by atoms with Crippen LogP contribution in [0.4, 0.5) is 0 Å². The molecule has 0 spiro atoms. The number of halogens is 1. The van der Waals surface area contributed by atoms with Crippen LogP contribution in [-0.4, -0.2) is 46.9 Å². The van der Waals surface area contributed by atoms with Crippen LogP contribution in [0.2, 0.25) is 5.02 Å². The molecule has 4 rings (SSSR count). The first kappa shape index (κ1) is 21.3. The molecule has 2 aromatic carbocycles. The molecule has 0 radical (unpaired) electrons. The van der Waals surface area contributed by atoms with E-state index >= 15 is 0 Å². The Balaban J connectivity index is 1.33. The number of rotatable bonds is 6. The standard InChI is InChI=1S/C25H26ClN3O2/c1-19-7-8-23(26)24(14-19)31-18-20-4-2-6-22(15-20)25(30)29-12-10-28(11-13-29)17-21-5-3-9-27-16-21/h2-9,14-16H,10-13,17-18H2,1H3. The van der Waals surface area contributed by atoms with E-state index in [0.717, 1.165) is 43.9 Å². The van der Waals surface area contributed by atoms with Gasteiger partial charge in [-0.1, -0.05) is 35.9 Å². The molecule has 1 aliphatic heterocycles. The fourth-order valence-corrected chi connectivity index (χ4v) is 3.89. The minimum Gasteiger partial charge on any atom is -0.487 e. The van der Waals surface area contributed by atoms with Crippen molar-refractivity contribution in [2.75, 3.05) is 26.2 Å². The van der Waals surface area contributed by atoms with E-state index in [1.54, 1.807) is 6.20 Å². The largest absolute Gasteiger partial charge is 0.487 e. The Labute approximate surface area is 188 Å². The van der Waals surface area contributed by atoms with Crippen molar-refractivity contribution in [3.05, 3.63) is 94.3 Å². The second-order valence-corrected chi connectivity index (χ2v) is 8.26. The highest BCUT2D eigenvalue weighted by Gasteiger charge is 2.22. The van der Waals surface area contributed by atoms with Gasteiger partial charge in [0.2, 0.25) is 0 Å². The van der Waals surface area contributed by atoms with Gasteiger partial charge in [0.05, 0.1) is 5.02 Å². The fourth-order valence-electron chi connectivity index (χ4n) is 3.72. The van der Waals surface area contributed by atoms with Crippen molar-refractivity contribution < 1.29 is 9.53 Å². The number of aromatic nitrogens is 1. The van der Waals surface area contributed by atoms with E-state index in [1.807, 2.05) is 66.6 Å². The first-order chi connectivity index (χ1) is 15.1. The number of ether oxygens (including phenoxy) is 1. The fraction of sp³-hybridized carbons (Fsp3) is 0.280. The Hall–Kier alpha value is -2.89. The van der Waals surface area contributed by atoms with Crippen LogP contribution in [-0.2, 0) is 13.2 Å². The molecule has 1 fully saturated rings. The molecule has 1 saturated heterocycles. The smallest absolute Gasteiger partial charge is 0.253 e. The normalized spacial score (nSPS) is 14.5. The minimum atomic E-state index is 0.0662. The lowest BCUT2D eigenvalue weighted by Gasteiger charge is -2.34. The van der Waals surface area contributed by atoms with Gasteiger partial charge in [0, 0.05) is 50.7 Å². The topological polar surface area (TPSA) is 45.7 Å². The molecule has 0 unspecified atom stereocenters. The Kier molecular flexibility index (Phi) is 6.85. The molecule has 160 valence electrons. The first-order valence-corrected chi connectivity index (χ1v) is 10.8. The third-order valence-corrected chi connectivity index (χ3v) is 5.76. The summed E-state index contributed by atoms with van der Waals surface area (Å²) in [6.45, 7) is 6.38. The van der Waals surface area contributed by atoms with Gasteiger partial charge in [-0.05, 0) is 53.9 Å². The summed E-state index contributed by atoms with van der Waals surface area (Å²) in [7, 11) is 0. The number of amides is 1. The van der Waals surface area contributed by atoms with Crippen molar-refractivity contribution in [2.24, 2.45) is 0 Å². The molecule has 1 aliphatic rings. The van der Waals surface area contributed by atoms with E-state index in [4.69, 9.17) is 16.3 Å². The van der Waals surface area contributed by atoms with Crippen LogP contribution in [0.5, 0.6) is 5.75 Å². The zero-order valence-electron chi connectivity index (χ0n) is 17.6. The summed E-state index contributed by atoms with van der Waals surface area (Å²) in [4.78, 5) is 21.5. The number of piperazine rings is 1. The second kappa shape index (κ2) is 9.94. The van der Waals surface area contributed by atoms with Crippen LogP contribution >= 0.6 is 11.6 Å². The lowest BCUT2D eigenvalue weighted by atomic mass is 10.1. The zero-order valence-corrected chi connectivity index (χ0v) is 18.4. The SMILES string of the molecule is Cc1ccc(Cl)c(OCc2cccc(C(=O)N3CCN(Cc4cccnc4)CC3)c2)c1. The van der Waals surface area contributed by atoms with Gasteiger partial charge in [-0.2, -0.15) is 0 Å². The molecule has 0 aliphatic carbocycles. The minimum absolute atomic E-state index is 0.0662. The van der Waals surface area contributed by atoms with Crippen molar-refractivity contribution in [1.82, 2.24) is 14.8 Å². The third kappa shape index (κ3) is 5.63. The molecule has 31 heavy (non-hydrogen) atoms. The summed E-state index contributed by atoms with van der Waals surface area (Å²) in [5.74, 6) is 0.722. The molecule has 0 atom stereocenters. The lowest BCUT2D eigenvalue weighted by Crippen LogP contribution is -2.48. The molecule has 3 aromatic rings. The van der Waals surface area contributed by atoms with Crippen molar-refractivity contribution >= 4 is 17.5 Å². The van der Waals surface area contributed by atoms with Crippen molar-refractivity contribution in [2.45, 2.75) is 20.1 Å². The van der Waals surface area contributed by atoms with Crippen molar-refractivity contribution in [1.29, 1.82) is 0 Å². The molecular weight excluding hydrogens is 410 g/mol. The van der Waals surface area contributed by atoms with Gasteiger partial charge >= 0.3 is 0 Å². The maximum Gasteiger partial charge on any atom is 0.253 e. The second-order valence-electron chi connectivity index (χ2n) is 7.85. The summed E-state index contributed by atoms with van der Waals surface area (Å²) in [6, 6.07) is 17.4. The number of hydrogen-bond donors (Lipinski definition) is 0. The molecule has 1 aromatic heterocycles. The summed E-state index contributed by atoms with van der Waals surface area (Å²) < 4.78 is 5.89. The number of carbonyl (C=O) groups excluding carboxylic acids is 1. The van der Waals surface area contributed by atoms with Crippen molar-refractivity contribution in [3.8, 4) is 5.75 Å². The number of pyridine rings is 1. The molecule has 2 heterocycles. The zero-order chi connectivity index (χ0) is 21.6. The van der Waals surface area contributed by atoms with Crippen molar-refractivity contribution in [3.63, 3.8) is 0 Å². The van der Waals surface area contributed by atoms with Gasteiger partial charge in [-0.15, -0.1) is 0 Å². The molecule has 5 nitrogen and oxygen atoms in total. The van der Waals surface area contributed by atoms with E-state index in [1.165, 1.54) is 5.56 Å². The van der Waals surface area contributed by atoms with Crippen LogP contribution in [0.25, 0.3) is 0 Å². The predicted molar refractivity (Wildman–Crippen MR) is 122 cm³/mol. The predicted octanol–water partition coefficient (Wildman–Crippen LogP) is 4.58. The van der Waals surface area contributed by atoms with Gasteiger partial charge in [0.25, 0.3) is 5.91 Å². The maximum atomic E-state index is 13.0. The van der Waals surface area contributed by atoms with Gasteiger partial charge in [0.15, 0.2) is 0 Å². The highest BCUT2D eigenvalue weighted by Crippen LogP contribution is 2.26. The van der Waals surface area contributed by atoms with Gasteiger partial charge in [-0.3, -0.25) is 14.7 Å². The van der Waals surface area contributed by atoms with Crippen LogP contribution in [0.15, 0.2) is 67.0 Å². The summed E-state index contributed by atoms with van der Waals surface area (Å²) in [6.07, 6.45) is 3.68. The van der Waals surface area contributed by atoms with E-state index < -0.39 is 0 Å². The average Bonchev–Trinajstić information content (AvgIpc) is 2.80. The lowest BCUT2D eigenvalue weighted by molar-refractivity contribution is 0.0628. The molecule has 0 bridgehead atoms. The van der Waals surface area contributed by atoms with E-state index in [9.17, 15) is 4.79 Å². The highest BCUT2D eigenvalue weighted by molar-refractivity contribution is 6.32. The van der Waals surface area contributed by atoms with Crippen LogP contribution < -0.4 is 4.74 Å². The molecule has 0 N–H and O–H groups in total. The number of carbonyl (C=O) groups is 1. The number of nitrogens with zero attached hydrogens (tertiary/aromatic N) is 3. The quantitative estimate of drug-likeness (QED) is 0.568. The molecular formula is C25H26ClN3O2. The Morgan fingerprint density at radius 1 is 1.03 bits per heavy atom. The Morgan fingerprint density at radius 2 is 1.84 bits per heavy atom. The number of hydrogen-bond acceptors (Lipinski definition) is 4. The van der Waals surface area contributed by atoms with Gasteiger partial charge in [0.1, 0.15) is 12.4 Å². The average molecular weight is 436 g/mol. The van der Waals surface area contributed by atoms with Gasteiger partial charge < -0.3 is 9.64 Å². The number of benzene rings is 2. The third-order valence-electron chi connectivity index (χ3n) is 5.44. The molecule has 1 amide bonds. The maximum absolute atomic E-state index is 13.0. The first-order valence-electron chi connectivity index (χ1n) is 10.5. The summed E-state index contributed by atoms with van der Waals surface area (Å²) in [5.41, 5.74) is 3.92. The number of aryl methyl sites for hydroxylation is 1. The molecule has 6 heteroatoms. The van der Waals surface area contributed by atoms with E-state index in [0.29, 0.717) is 22.9 Å². The monoisotopic (exact) mass is 435 g/mol. The van der Waals surface area contributed by atoms with E-state index in [2.05, 4.69) is 16.0 Å². The van der Waals surface area contributed by atoms with Gasteiger partial charge in [-0.25, -0.2) is 0 Å². The van der Waals surface area contributed by atoms with Crippen LogP contribution in [0.1, 0.15) is 27.0 Å².